The van der Waals surface area contributed by atoms with Gasteiger partial charge in [-0.05, 0) is 61.7 Å². The van der Waals surface area contributed by atoms with Crippen molar-refractivity contribution in [1.29, 1.82) is 0 Å². The molecule has 6 rings (SSSR count). The quantitative estimate of drug-likeness (QED) is 0.463. The number of carbonyl (C=O) groups excluding carboxylic acids is 5. The summed E-state index contributed by atoms with van der Waals surface area (Å²) in [5, 5.41) is 3.31. The van der Waals surface area contributed by atoms with E-state index in [4.69, 9.17) is 4.98 Å². The van der Waals surface area contributed by atoms with Crippen LogP contribution >= 0.6 is 0 Å². The van der Waals surface area contributed by atoms with Gasteiger partial charge >= 0.3 is 6.47 Å². The second kappa shape index (κ2) is 9.07. The van der Waals surface area contributed by atoms with Gasteiger partial charge in [-0.3, -0.25) is 28.9 Å². The largest absolute Gasteiger partial charge is 0.334 e. The molecule has 1 atom stereocenters. The molecule has 0 spiro atoms. The lowest BCUT2D eigenvalue weighted by molar-refractivity contribution is -0.200. The van der Waals surface area contributed by atoms with Crippen LogP contribution in [0.15, 0.2) is 24.3 Å². The Morgan fingerprint density at radius 1 is 1.11 bits per heavy atom. The van der Waals surface area contributed by atoms with Crippen LogP contribution in [0, 0.1) is 0 Å². The van der Waals surface area contributed by atoms with Gasteiger partial charge in [-0.2, -0.15) is 0 Å². The van der Waals surface area contributed by atoms with Crippen LogP contribution in [0.3, 0.4) is 0 Å². The lowest BCUT2D eigenvalue weighted by atomic mass is 10.00. The minimum Gasteiger partial charge on any atom is -0.334 e. The number of carbonyl (C=O) groups is 5. The number of nitrogens with zero attached hydrogens (tertiary/aromatic N) is 4. The molecule has 2 saturated heterocycles. The third-order valence-corrected chi connectivity index (χ3v) is 7.51. The number of fused-ring (bicyclic) bond motifs is 2. The van der Waals surface area contributed by atoms with E-state index in [1.54, 1.807) is 6.07 Å². The maximum atomic E-state index is 13.2. The first-order valence-corrected chi connectivity index (χ1v) is 12.4. The number of imide groups is 1. The second-order valence-corrected chi connectivity index (χ2v) is 9.79. The van der Waals surface area contributed by atoms with Crippen molar-refractivity contribution < 1.29 is 28.8 Å². The molecule has 0 aliphatic carbocycles. The lowest BCUT2D eigenvalue weighted by Gasteiger charge is -2.33. The number of hydrogen-bond acceptors (Lipinski definition) is 8. The smallest absolute Gasteiger partial charge is 0.321 e. The molecule has 11 heteroatoms. The van der Waals surface area contributed by atoms with Gasteiger partial charge in [0.25, 0.3) is 17.7 Å². The molecule has 2 aromatic rings. The van der Waals surface area contributed by atoms with E-state index in [-0.39, 0.29) is 37.7 Å². The predicted molar refractivity (Wildman–Crippen MR) is 128 cm³/mol. The van der Waals surface area contributed by atoms with Gasteiger partial charge < -0.3 is 15.1 Å². The summed E-state index contributed by atoms with van der Waals surface area (Å²) >= 11 is 0. The highest BCUT2D eigenvalue weighted by atomic mass is 16.7. The second-order valence-electron chi connectivity index (χ2n) is 9.79. The van der Waals surface area contributed by atoms with E-state index in [1.165, 1.54) is 17.7 Å². The zero-order valence-corrected chi connectivity index (χ0v) is 20.1. The summed E-state index contributed by atoms with van der Waals surface area (Å²) in [6, 6.07) is 6.55. The van der Waals surface area contributed by atoms with Crippen molar-refractivity contribution in [2.24, 2.45) is 0 Å². The number of hydrogen-bond donors (Lipinski definition) is 1. The van der Waals surface area contributed by atoms with Crippen LogP contribution in [-0.2, 0) is 43.5 Å². The van der Waals surface area contributed by atoms with E-state index >= 15 is 0 Å². The molecule has 0 radical (unpaired) electrons. The normalized spacial score (nSPS) is 21.4. The summed E-state index contributed by atoms with van der Waals surface area (Å²) in [5.41, 5.74) is 4.73. The average Bonchev–Trinajstić information content (AvgIpc) is 3.61. The maximum absolute atomic E-state index is 13.2. The fraction of sp³-hybridized carbons (Fsp3) is 0.385. The highest BCUT2D eigenvalue weighted by Gasteiger charge is 2.44. The van der Waals surface area contributed by atoms with Crippen LogP contribution in [0.2, 0.25) is 0 Å². The Balaban J connectivity index is 1.29. The highest BCUT2D eigenvalue weighted by Crippen LogP contribution is 2.35. The first-order chi connectivity index (χ1) is 17.9. The van der Waals surface area contributed by atoms with E-state index in [0.717, 1.165) is 41.9 Å². The number of amides is 4. The molecular weight excluding hydrogens is 478 g/mol. The van der Waals surface area contributed by atoms with Gasteiger partial charge in [0.15, 0.2) is 0 Å². The van der Waals surface area contributed by atoms with Crippen LogP contribution in [0.25, 0.3) is 11.3 Å². The number of hydroxylamine groups is 2. The Kier molecular flexibility index (Phi) is 5.71. The number of anilines is 1. The molecule has 4 amide bonds. The Bertz CT molecular complexity index is 1350. The third kappa shape index (κ3) is 4.05. The highest BCUT2D eigenvalue weighted by molar-refractivity contribution is 6.05. The predicted octanol–water partition coefficient (Wildman–Crippen LogP) is 1.40. The molecule has 4 aliphatic heterocycles. The van der Waals surface area contributed by atoms with Gasteiger partial charge in [0, 0.05) is 36.2 Å². The van der Waals surface area contributed by atoms with E-state index in [0.29, 0.717) is 28.6 Å². The molecule has 4 aliphatic rings. The molecule has 1 unspecified atom stereocenters. The molecule has 0 saturated carbocycles. The molecule has 5 heterocycles. The Labute approximate surface area is 212 Å². The standard InChI is InChI=1S/C26H25N5O6/c32-14-37-31-23(34)6-5-21(26(31)36)30-13-16-9-15(3-4-18(16)25(30)35)20-10-17(12-29-7-1-2-8-29)19-11-22(33)28-24(19)27-20/h3-4,9-10,14,21H,1-2,5-8,11-13H2,(H,27,28,33). The number of likely N-dealkylation sites (tertiary alicyclic amines) is 1. The van der Waals surface area contributed by atoms with Gasteiger partial charge in [0.1, 0.15) is 11.9 Å². The summed E-state index contributed by atoms with van der Waals surface area (Å²) in [6.45, 7) is 3.03. The van der Waals surface area contributed by atoms with E-state index in [9.17, 15) is 24.0 Å². The first-order valence-electron chi connectivity index (χ1n) is 12.4. The van der Waals surface area contributed by atoms with Crippen molar-refractivity contribution in [3.63, 3.8) is 0 Å². The van der Waals surface area contributed by atoms with Gasteiger partial charge in [-0.1, -0.05) is 6.07 Å². The van der Waals surface area contributed by atoms with Crippen LogP contribution < -0.4 is 5.32 Å². The minimum atomic E-state index is -0.901. The molecule has 1 aromatic heterocycles. The van der Waals surface area contributed by atoms with E-state index < -0.39 is 17.9 Å². The number of piperidine rings is 1. The molecule has 190 valence electrons. The van der Waals surface area contributed by atoms with Gasteiger partial charge in [-0.15, -0.1) is 5.06 Å². The zero-order chi connectivity index (χ0) is 25.7. The minimum absolute atomic E-state index is 0.0137. The fourth-order valence-corrected chi connectivity index (χ4v) is 5.67. The number of aromatic nitrogens is 1. The van der Waals surface area contributed by atoms with Crippen molar-refractivity contribution in [1.82, 2.24) is 19.8 Å². The van der Waals surface area contributed by atoms with Crippen molar-refractivity contribution in [3.05, 3.63) is 46.5 Å². The number of benzene rings is 1. The third-order valence-electron chi connectivity index (χ3n) is 7.51. The SMILES string of the molecule is O=CON1C(=O)CCC(N2Cc3cc(-c4cc(CN5CCCC5)c5c(n4)NC(=O)C5)ccc3C2=O)C1=O. The van der Waals surface area contributed by atoms with Crippen LogP contribution in [-0.4, -0.2) is 69.1 Å². The van der Waals surface area contributed by atoms with E-state index in [2.05, 4.69) is 15.1 Å². The number of rotatable bonds is 6. The molecular formula is C26H25N5O6. The number of pyridine rings is 1. The molecule has 1 N–H and O–H groups in total. The van der Waals surface area contributed by atoms with Crippen molar-refractivity contribution in [3.8, 4) is 11.3 Å². The van der Waals surface area contributed by atoms with Gasteiger partial charge in [0.05, 0.1) is 12.1 Å². The maximum Gasteiger partial charge on any atom is 0.321 e. The van der Waals surface area contributed by atoms with Gasteiger partial charge in [-0.25, -0.2) is 4.98 Å². The van der Waals surface area contributed by atoms with Gasteiger partial charge in [0.2, 0.25) is 5.91 Å². The summed E-state index contributed by atoms with van der Waals surface area (Å²) in [6.07, 6.45) is 2.81. The summed E-state index contributed by atoms with van der Waals surface area (Å²) in [5.74, 6) is -1.14. The monoisotopic (exact) mass is 503 g/mol. The van der Waals surface area contributed by atoms with Crippen molar-refractivity contribution >= 4 is 35.9 Å². The molecule has 0 bridgehead atoms. The molecule has 1 aromatic carbocycles. The van der Waals surface area contributed by atoms with Crippen molar-refractivity contribution in [2.45, 2.75) is 51.2 Å². The van der Waals surface area contributed by atoms with Crippen LogP contribution in [0.5, 0.6) is 0 Å². The number of nitrogens with one attached hydrogen (secondary N) is 1. The summed E-state index contributed by atoms with van der Waals surface area (Å²) in [7, 11) is 0. The molecule has 11 nitrogen and oxygen atoms in total. The summed E-state index contributed by atoms with van der Waals surface area (Å²) < 4.78 is 0. The lowest BCUT2D eigenvalue weighted by Crippen LogP contribution is -2.54. The summed E-state index contributed by atoms with van der Waals surface area (Å²) in [4.78, 5) is 73.9. The Morgan fingerprint density at radius 3 is 2.70 bits per heavy atom. The van der Waals surface area contributed by atoms with Crippen LogP contribution in [0.4, 0.5) is 5.82 Å². The Hall–Kier alpha value is -4.12. The molecule has 2 fully saturated rings. The fourth-order valence-electron chi connectivity index (χ4n) is 5.67. The Morgan fingerprint density at radius 2 is 1.92 bits per heavy atom. The van der Waals surface area contributed by atoms with Crippen molar-refractivity contribution in [2.75, 3.05) is 18.4 Å². The average molecular weight is 504 g/mol. The molecule has 37 heavy (non-hydrogen) atoms. The van der Waals surface area contributed by atoms with Crippen LogP contribution in [0.1, 0.15) is 52.7 Å². The topological polar surface area (TPSA) is 129 Å². The zero-order valence-electron chi connectivity index (χ0n) is 20.1. The first kappa shape index (κ1) is 23.3. The van der Waals surface area contributed by atoms with E-state index in [1.807, 2.05) is 18.2 Å².